The molecule has 9 nitrogen and oxygen atoms in total. The third-order valence-electron chi connectivity index (χ3n) is 5.44. The number of rotatable bonds is 8. The zero-order valence-corrected chi connectivity index (χ0v) is 22.2. The number of aryl methyl sites for hydroxylation is 1. The molecular weight excluding hydrogens is 554 g/mol. The van der Waals surface area contributed by atoms with Crippen molar-refractivity contribution >= 4 is 57.1 Å². The first-order valence-electron chi connectivity index (χ1n) is 11.7. The van der Waals surface area contributed by atoms with E-state index in [0.29, 0.717) is 28.1 Å². The van der Waals surface area contributed by atoms with Crippen LogP contribution in [0.2, 0.25) is 0 Å². The lowest BCUT2D eigenvalue weighted by Crippen LogP contribution is -2.54. The molecule has 194 valence electrons. The molecule has 0 bridgehead atoms. The van der Waals surface area contributed by atoms with E-state index in [9.17, 15) is 19.2 Å². The quantitative estimate of drug-likeness (QED) is 0.292. The summed E-state index contributed by atoms with van der Waals surface area (Å²) in [6.45, 7) is 3.92. The van der Waals surface area contributed by atoms with Crippen LogP contribution in [0.4, 0.5) is 16.2 Å². The summed E-state index contributed by atoms with van der Waals surface area (Å²) < 4.78 is 11.8. The van der Waals surface area contributed by atoms with Crippen molar-refractivity contribution in [3.05, 3.63) is 87.9 Å². The zero-order valence-electron chi connectivity index (χ0n) is 20.6. The summed E-state index contributed by atoms with van der Waals surface area (Å²) >= 11 is 3.37. The third kappa shape index (κ3) is 6.27. The molecule has 1 aliphatic heterocycles. The Balaban J connectivity index is 1.56. The molecule has 0 spiro atoms. The number of hydrogen-bond acceptors (Lipinski definition) is 6. The van der Waals surface area contributed by atoms with E-state index < -0.39 is 17.8 Å². The van der Waals surface area contributed by atoms with Crippen LogP contribution in [0, 0.1) is 6.92 Å². The second-order valence-corrected chi connectivity index (χ2v) is 9.19. The van der Waals surface area contributed by atoms with E-state index in [2.05, 4.69) is 26.6 Å². The number of barbiturate groups is 1. The largest absolute Gasteiger partial charge is 0.494 e. The van der Waals surface area contributed by atoms with Crippen molar-refractivity contribution in [2.24, 2.45) is 0 Å². The fourth-order valence-corrected chi connectivity index (χ4v) is 4.11. The average molecular weight is 578 g/mol. The normalized spacial score (nSPS) is 14.3. The molecular formula is C28H24BrN3O6. The highest BCUT2D eigenvalue weighted by Crippen LogP contribution is 2.29. The van der Waals surface area contributed by atoms with Crippen LogP contribution in [0.1, 0.15) is 18.1 Å². The highest BCUT2D eigenvalue weighted by Gasteiger charge is 2.37. The standard InChI is InChI=1S/C28H24BrN3O6/c1-3-37-22-10-8-21(9-11-22)32-27(35)23(26(34)31-28(32)36)15-18-14-19(29)7-12-24(18)38-16-25(33)30-20-6-4-5-17(2)13-20/h4-15H,3,16H2,1-2H3,(H,30,33)(H,31,34,36)/b23-15+. The van der Waals surface area contributed by atoms with Crippen molar-refractivity contribution in [2.75, 3.05) is 23.4 Å². The van der Waals surface area contributed by atoms with Crippen molar-refractivity contribution in [3.63, 3.8) is 0 Å². The summed E-state index contributed by atoms with van der Waals surface area (Å²) in [5, 5.41) is 4.96. The number of nitrogens with zero attached hydrogens (tertiary/aromatic N) is 1. The number of amides is 5. The van der Waals surface area contributed by atoms with Crippen LogP contribution in [-0.2, 0) is 14.4 Å². The van der Waals surface area contributed by atoms with Crippen LogP contribution in [0.5, 0.6) is 11.5 Å². The minimum atomic E-state index is -0.861. The van der Waals surface area contributed by atoms with Crippen molar-refractivity contribution in [3.8, 4) is 11.5 Å². The van der Waals surface area contributed by atoms with Gasteiger partial charge in [0.2, 0.25) is 0 Å². The van der Waals surface area contributed by atoms with Crippen molar-refractivity contribution in [1.82, 2.24) is 5.32 Å². The second kappa shape index (κ2) is 11.7. The summed E-state index contributed by atoms with van der Waals surface area (Å²) in [5.41, 5.74) is 2.00. The van der Waals surface area contributed by atoms with Crippen LogP contribution in [-0.4, -0.2) is 37.0 Å². The number of benzene rings is 3. The predicted molar refractivity (Wildman–Crippen MR) is 146 cm³/mol. The van der Waals surface area contributed by atoms with E-state index in [4.69, 9.17) is 9.47 Å². The number of nitrogens with one attached hydrogen (secondary N) is 2. The van der Waals surface area contributed by atoms with E-state index >= 15 is 0 Å². The molecule has 1 aliphatic rings. The average Bonchev–Trinajstić information content (AvgIpc) is 2.87. The molecule has 3 aromatic carbocycles. The summed E-state index contributed by atoms with van der Waals surface area (Å²) in [7, 11) is 0. The van der Waals surface area contributed by atoms with Gasteiger partial charge in [0.25, 0.3) is 17.7 Å². The number of ether oxygens (including phenoxy) is 2. The lowest BCUT2D eigenvalue weighted by Gasteiger charge is -2.26. The van der Waals surface area contributed by atoms with Gasteiger partial charge in [-0.25, -0.2) is 9.69 Å². The van der Waals surface area contributed by atoms with Crippen molar-refractivity contribution in [2.45, 2.75) is 13.8 Å². The zero-order chi connectivity index (χ0) is 27.2. The van der Waals surface area contributed by atoms with Gasteiger partial charge in [-0.2, -0.15) is 0 Å². The second-order valence-electron chi connectivity index (χ2n) is 8.27. The number of halogens is 1. The minimum Gasteiger partial charge on any atom is -0.494 e. The van der Waals surface area contributed by atoms with Crippen LogP contribution >= 0.6 is 15.9 Å². The summed E-state index contributed by atoms with van der Waals surface area (Å²) in [6.07, 6.45) is 1.32. The van der Waals surface area contributed by atoms with Gasteiger partial charge in [-0.05, 0) is 80.1 Å². The molecule has 4 rings (SSSR count). The van der Waals surface area contributed by atoms with Gasteiger partial charge in [0, 0.05) is 15.7 Å². The Morgan fingerprint density at radius 2 is 1.79 bits per heavy atom. The van der Waals surface area contributed by atoms with Crippen LogP contribution in [0.25, 0.3) is 6.08 Å². The molecule has 0 aromatic heterocycles. The smallest absolute Gasteiger partial charge is 0.335 e. The Labute approximate surface area is 227 Å². The van der Waals surface area contributed by atoms with E-state index in [0.717, 1.165) is 10.5 Å². The fraction of sp³-hybridized carbons (Fsp3) is 0.143. The molecule has 0 saturated carbocycles. The molecule has 1 fully saturated rings. The molecule has 0 aliphatic carbocycles. The number of imide groups is 2. The number of hydrogen-bond donors (Lipinski definition) is 2. The molecule has 0 atom stereocenters. The maximum absolute atomic E-state index is 13.3. The molecule has 1 heterocycles. The SMILES string of the molecule is CCOc1ccc(N2C(=O)NC(=O)/C(=C\c3cc(Br)ccc3OCC(=O)Nc3cccc(C)c3)C2=O)cc1. The molecule has 38 heavy (non-hydrogen) atoms. The lowest BCUT2D eigenvalue weighted by molar-refractivity contribution is -0.122. The van der Waals surface area contributed by atoms with Crippen molar-refractivity contribution in [1.29, 1.82) is 0 Å². The Morgan fingerprint density at radius 3 is 2.50 bits per heavy atom. The minimum absolute atomic E-state index is 0.269. The lowest BCUT2D eigenvalue weighted by atomic mass is 10.1. The van der Waals surface area contributed by atoms with Gasteiger partial charge in [0.05, 0.1) is 12.3 Å². The van der Waals surface area contributed by atoms with Crippen LogP contribution in [0.15, 0.2) is 76.8 Å². The van der Waals surface area contributed by atoms with Gasteiger partial charge in [-0.15, -0.1) is 0 Å². The number of anilines is 2. The molecule has 3 aromatic rings. The summed E-state index contributed by atoms with van der Waals surface area (Å²) in [6, 6.07) is 17.8. The van der Waals surface area contributed by atoms with E-state index in [1.54, 1.807) is 48.5 Å². The molecule has 10 heteroatoms. The summed E-state index contributed by atoms with van der Waals surface area (Å²) in [4.78, 5) is 51.8. The third-order valence-corrected chi connectivity index (χ3v) is 5.93. The van der Waals surface area contributed by atoms with Gasteiger partial charge in [0.15, 0.2) is 6.61 Å². The molecule has 5 amide bonds. The number of carbonyl (C=O) groups is 4. The highest BCUT2D eigenvalue weighted by atomic mass is 79.9. The maximum atomic E-state index is 13.3. The van der Waals surface area contributed by atoms with E-state index in [-0.39, 0.29) is 29.5 Å². The Kier molecular flexibility index (Phi) is 8.22. The van der Waals surface area contributed by atoms with Gasteiger partial charge < -0.3 is 14.8 Å². The van der Waals surface area contributed by atoms with Crippen LogP contribution in [0.3, 0.4) is 0 Å². The van der Waals surface area contributed by atoms with Gasteiger partial charge in [-0.3, -0.25) is 19.7 Å². The topological polar surface area (TPSA) is 114 Å². The first-order valence-corrected chi connectivity index (χ1v) is 12.5. The van der Waals surface area contributed by atoms with Gasteiger partial charge in [0.1, 0.15) is 17.1 Å². The Morgan fingerprint density at radius 1 is 1.03 bits per heavy atom. The first kappa shape index (κ1) is 26.6. The highest BCUT2D eigenvalue weighted by molar-refractivity contribution is 9.10. The number of urea groups is 1. The molecule has 0 unspecified atom stereocenters. The number of carbonyl (C=O) groups excluding carboxylic acids is 4. The molecule has 1 saturated heterocycles. The van der Waals surface area contributed by atoms with E-state index in [1.165, 1.54) is 6.08 Å². The molecule has 0 radical (unpaired) electrons. The van der Waals surface area contributed by atoms with Crippen molar-refractivity contribution < 1.29 is 28.7 Å². The van der Waals surface area contributed by atoms with Gasteiger partial charge >= 0.3 is 6.03 Å². The first-order chi connectivity index (χ1) is 18.2. The molecule has 2 N–H and O–H groups in total. The van der Waals surface area contributed by atoms with Gasteiger partial charge in [-0.1, -0.05) is 28.1 Å². The van der Waals surface area contributed by atoms with Crippen LogP contribution < -0.4 is 25.0 Å². The Bertz CT molecular complexity index is 1430. The predicted octanol–water partition coefficient (Wildman–Crippen LogP) is 4.84. The van der Waals surface area contributed by atoms with E-state index in [1.807, 2.05) is 32.0 Å². The maximum Gasteiger partial charge on any atom is 0.335 e. The Hall–Kier alpha value is -4.44. The fourth-order valence-electron chi connectivity index (χ4n) is 3.73. The monoisotopic (exact) mass is 577 g/mol. The summed E-state index contributed by atoms with van der Waals surface area (Å²) in [5.74, 6) is -1.17.